The second kappa shape index (κ2) is 15.2. The van der Waals surface area contributed by atoms with Crippen LogP contribution < -0.4 is 14.2 Å². The van der Waals surface area contributed by atoms with Gasteiger partial charge in [0, 0.05) is 25.6 Å². The van der Waals surface area contributed by atoms with Crippen molar-refractivity contribution in [1.29, 1.82) is 0 Å². The van der Waals surface area contributed by atoms with Crippen molar-refractivity contribution in [3.05, 3.63) is 87.5 Å². The van der Waals surface area contributed by atoms with E-state index in [1.807, 2.05) is 32.0 Å². The van der Waals surface area contributed by atoms with Crippen LogP contribution in [0.15, 0.2) is 60.7 Å². The van der Waals surface area contributed by atoms with Gasteiger partial charge in [-0.15, -0.1) is 0 Å². The monoisotopic (exact) mass is 633 g/mol. The first kappa shape index (κ1) is 33.8. The maximum atomic E-state index is 14.2. The molecule has 12 heteroatoms. The number of nitrogens with zero attached hydrogens (tertiary/aromatic N) is 3. The van der Waals surface area contributed by atoms with Crippen LogP contribution in [-0.4, -0.2) is 73.1 Å². The van der Waals surface area contributed by atoms with Gasteiger partial charge in [-0.1, -0.05) is 38.1 Å². The van der Waals surface area contributed by atoms with E-state index in [0.29, 0.717) is 35.7 Å². The Balaban J connectivity index is 1.76. The van der Waals surface area contributed by atoms with Crippen LogP contribution in [0, 0.1) is 16.0 Å². The van der Waals surface area contributed by atoms with Crippen molar-refractivity contribution in [3.8, 4) is 23.0 Å². The second-order valence-corrected chi connectivity index (χ2v) is 11.2. The van der Waals surface area contributed by atoms with E-state index in [-0.39, 0.29) is 49.2 Å². The molecule has 3 amide bonds. The van der Waals surface area contributed by atoms with Crippen molar-refractivity contribution in [3.63, 3.8) is 0 Å². The lowest BCUT2D eigenvalue weighted by Crippen LogP contribution is -2.55. The molecule has 0 N–H and O–H groups in total. The molecular formula is C34H39N3O9. The van der Waals surface area contributed by atoms with Crippen LogP contribution in [0.1, 0.15) is 37.0 Å². The fourth-order valence-electron chi connectivity index (χ4n) is 5.52. The Labute approximate surface area is 267 Å². The van der Waals surface area contributed by atoms with Crippen LogP contribution in [0.25, 0.3) is 0 Å². The lowest BCUT2D eigenvalue weighted by molar-refractivity contribution is -0.385. The number of hydrogen-bond donors (Lipinski definition) is 0. The van der Waals surface area contributed by atoms with Gasteiger partial charge in [-0.25, -0.2) is 9.69 Å². The third-order valence-corrected chi connectivity index (χ3v) is 7.89. The summed E-state index contributed by atoms with van der Waals surface area (Å²) in [6.45, 7) is 3.71. The van der Waals surface area contributed by atoms with Crippen molar-refractivity contribution < 1.29 is 38.3 Å². The zero-order valence-corrected chi connectivity index (χ0v) is 26.7. The van der Waals surface area contributed by atoms with Crippen molar-refractivity contribution in [1.82, 2.24) is 9.80 Å². The number of methoxy groups -OCH3 is 3. The number of rotatable bonds is 7. The summed E-state index contributed by atoms with van der Waals surface area (Å²) < 4.78 is 21.7. The minimum absolute atomic E-state index is 0.0494. The van der Waals surface area contributed by atoms with E-state index in [0.717, 1.165) is 16.0 Å². The number of fused-ring (bicyclic) bond motifs is 10. The standard InChI is InChI=1S/C34H39N3O9/c1-22(2)32-33(39)36(34(40)45-5)18-16-24-9-12-28(27(20-24)37(41)42)46-26-8-6-7-23(19-26)11-14-31(38)35(32)17-15-25-10-13-29(43-3)30(21-25)44-4/h6-10,12-13,19-22,32H,11,14-18H2,1-5H3. The first-order valence-electron chi connectivity index (χ1n) is 15.0. The highest BCUT2D eigenvalue weighted by atomic mass is 16.6. The van der Waals surface area contributed by atoms with Crippen LogP contribution >= 0.6 is 0 Å². The van der Waals surface area contributed by atoms with Gasteiger partial charge in [-0.05, 0) is 72.2 Å². The fourth-order valence-corrected chi connectivity index (χ4v) is 5.52. The van der Waals surface area contributed by atoms with Crippen molar-refractivity contribution in [2.75, 3.05) is 34.4 Å². The minimum atomic E-state index is -0.992. The molecular weight excluding hydrogens is 594 g/mol. The molecule has 0 spiro atoms. The maximum Gasteiger partial charge on any atom is 0.416 e. The van der Waals surface area contributed by atoms with E-state index >= 15 is 0 Å². The van der Waals surface area contributed by atoms with E-state index in [1.165, 1.54) is 24.1 Å². The summed E-state index contributed by atoms with van der Waals surface area (Å²) in [5.74, 6) is 0.320. The molecule has 1 atom stereocenters. The minimum Gasteiger partial charge on any atom is -0.493 e. The molecule has 3 aromatic carbocycles. The van der Waals surface area contributed by atoms with Crippen LogP contribution in [0.4, 0.5) is 10.5 Å². The number of carbonyl (C=O) groups excluding carboxylic acids is 3. The lowest BCUT2D eigenvalue weighted by Gasteiger charge is -2.36. The van der Waals surface area contributed by atoms with Crippen LogP contribution in [0.3, 0.4) is 0 Å². The van der Waals surface area contributed by atoms with Gasteiger partial charge in [-0.3, -0.25) is 19.7 Å². The molecule has 12 nitrogen and oxygen atoms in total. The molecule has 2 aliphatic rings. The van der Waals surface area contributed by atoms with Gasteiger partial charge in [0.05, 0.1) is 26.3 Å². The Morgan fingerprint density at radius 2 is 1.70 bits per heavy atom. The average molecular weight is 634 g/mol. The van der Waals surface area contributed by atoms with Gasteiger partial charge in [0.1, 0.15) is 11.8 Å². The molecule has 0 radical (unpaired) electrons. The third-order valence-electron chi connectivity index (χ3n) is 7.89. The van der Waals surface area contributed by atoms with Gasteiger partial charge in [0.25, 0.3) is 5.91 Å². The number of benzene rings is 3. The number of ether oxygens (including phenoxy) is 4. The smallest absolute Gasteiger partial charge is 0.416 e. The number of nitro benzene ring substituents is 1. The SMILES string of the molecule is COC(=O)N1CCc2ccc(c([N+](=O)[O-])c2)Oc2cccc(c2)CCC(=O)N(CCc2ccc(OC)c(OC)c2)C(C(C)C)C1=O. The summed E-state index contributed by atoms with van der Waals surface area (Å²) in [5.41, 5.74) is 1.90. The molecule has 0 aliphatic carbocycles. The molecule has 0 aromatic heterocycles. The van der Waals surface area contributed by atoms with E-state index in [2.05, 4.69) is 0 Å². The Bertz CT molecular complexity index is 1590. The molecule has 0 fully saturated rings. The van der Waals surface area contributed by atoms with Crippen LogP contribution in [0.2, 0.25) is 0 Å². The number of nitro groups is 1. The first-order valence-corrected chi connectivity index (χ1v) is 15.0. The first-order chi connectivity index (χ1) is 22.1. The largest absolute Gasteiger partial charge is 0.493 e. The van der Waals surface area contributed by atoms with E-state index < -0.39 is 23.0 Å². The molecule has 2 heterocycles. The predicted octanol–water partition coefficient (Wildman–Crippen LogP) is 5.58. The summed E-state index contributed by atoms with van der Waals surface area (Å²) in [7, 11) is 4.26. The predicted molar refractivity (Wildman–Crippen MR) is 169 cm³/mol. The van der Waals surface area contributed by atoms with Gasteiger partial charge in [0.2, 0.25) is 11.7 Å². The number of imide groups is 1. The van der Waals surface area contributed by atoms with Gasteiger partial charge < -0.3 is 23.8 Å². The average Bonchev–Trinajstić information content (AvgIpc) is 3.05. The number of hydrogen-bond acceptors (Lipinski definition) is 9. The highest BCUT2D eigenvalue weighted by molar-refractivity contribution is 5.97. The van der Waals surface area contributed by atoms with Crippen molar-refractivity contribution >= 4 is 23.6 Å². The van der Waals surface area contributed by atoms with Gasteiger partial charge in [0.15, 0.2) is 11.5 Å². The summed E-state index contributed by atoms with van der Waals surface area (Å²) in [4.78, 5) is 55.1. The van der Waals surface area contributed by atoms with Crippen LogP contribution in [-0.2, 0) is 33.6 Å². The zero-order chi connectivity index (χ0) is 33.4. The molecule has 244 valence electrons. The molecule has 0 saturated carbocycles. The number of aryl methyl sites for hydroxylation is 1. The van der Waals surface area contributed by atoms with E-state index in [4.69, 9.17) is 18.9 Å². The van der Waals surface area contributed by atoms with Crippen molar-refractivity contribution in [2.24, 2.45) is 5.92 Å². The zero-order valence-electron chi connectivity index (χ0n) is 26.7. The molecule has 46 heavy (non-hydrogen) atoms. The van der Waals surface area contributed by atoms with Crippen molar-refractivity contribution in [2.45, 2.75) is 45.6 Å². The Hall–Kier alpha value is -5.13. The van der Waals surface area contributed by atoms with Crippen LogP contribution in [0.5, 0.6) is 23.0 Å². The highest BCUT2D eigenvalue weighted by Gasteiger charge is 2.38. The van der Waals surface area contributed by atoms with Gasteiger partial charge in [-0.2, -0.15) is 0 Å². The normalized spacial score (nSPS) is 15.7. The Morgan fingerprint density at radius 1 is 0.957 bits per heavy atom. The fraction of sp³-hybridized carbons (Fsp3) is 0.382. The molecule has 3 aromatic rings. The molecule has 2 aliphatic heterocycles. The third kappa shape index (κ3) is 7.92. The summed E-state index contributed by atoms with van der Waals surface area (Å²) in [6.07, 6.45) is 0.0237. The summed E-state index contributed by atoms with van der Waals surface area (Å²) >= 11 is 0. The maximum absolute atomic E-state index is 14.2. The van der Waals surface area contributed by atoms with E-state index in [1.54, 1.807) is 44.6 Å². The topological polar surface area (TPSA) is 138 Å². The quantitative estimate of drug-likeness (QED) is 0.241. The summed E-state index contributed by atoms with van der Waals surface area (Å²) in [5, 5.41) is 11.9. The lowest BCUT2D eigenvalue weighted by atomic mass is 9.98. The molecule has 5 rings (SSSR count). The Morgan fingerprint density at radius 3 is 2.37 bits per heavy atom. The molecule has 0 saturated heterocycles. The van der Waals surface area contributed by atoms with E-state index in [9.17, 15) is 24.5 Å². The highest BCUT2D eigenvalue weighted by Crippen LogP contribution is 2.33. The second-order valence-electron chi connectivity index (χ2n) is 11.2. The number of carbonyl (C=O) groups is 3. The summed E-state index contributed by atoms with van der Waals surface area (Å²) in [6, 6.07) is 16.0. The molecule has 4 bridgehead atoms. The van der Waals surface area contributed by atoms with Gasteiger partial charge >= 0.3 is 11.8 Å². The Kier molecular flexibility index (Phi) is 11.2. The number of amides is 3. The molecule has 1 unspecified atom stereocenters.